The second-order valence-corrected chi connectivity index (χ2v) is 6.67. The number of aryl methyl sites for hydroxylation is 2. The van der Waals surface area contributed by atoms with Gasteiger partial charge in [-0.3, -0.25) is 9.52 Å². The van der Waals surface area contributed by atoms with Crippen LogP contribution in [0.3, 0.4) is 0 Å². The number of ketones is 1. The monoisotopic (exact) mass is 303 g/mol. The number of benzene rings is 2. The van der Waals surface area contributed by atoms with Crippen LogP contribution in [0.4, 0.5) is 5.69 Å². The van der Waals surface area contributed by atoms with E-state index in [1.165, 1.54) is 6.92 Å². The third-order valence-corrected chi connectivity index (χ3v) is 4.71. The molecule has 0 heterocycles. The van der Waals surface area contributed by atoms with E-state index in [0.717, 1.165) is 11.1 Å². The number of hydrogen-bond acceptors (Lipinski definition) is 3. The van der Waals surface area contributed by atoms with E-state index in [0.29, 0.717) is 11.3 Å². The van der Waals surface area contributed by atoms with Gasteiger partial charge in [0.25, 0.3) is 10.0 Å². The van der Waals surface area contributed by atoms with Crippen LogP contribution in [0.25, 0.3) is 0 Å². The fourth-order valence-corrected chi connectivity index (χ4v) is 3.01. The lowest BCUT2D eigenvalue weighted by molar-refractivity contribution is 0.101. The standard InChI is InChI=1S/C16H17NO3S/c1-11-4-9-16(10-12(11)2)21(19,20)17-15-7-5-14(6-8-15)13(3)18/h4-10,17H,1-3H3. The molecule has 0 spiro atoms. The first-order valence-corrected chi connectivity index (χ1v) is 7.99. The molecular formula is C16H17NO3S. The minimum Gasteiger partial charge on any atom is -0.295 e. The third kappa shape index (κ3) is 3.49. The molecule has 0 saturated carbocycles. The molecule has 2 rings (SSSR count). The number of rotatable bonds is 4. The van der Waals surface area contributed by atoms with Gasteiger partial charge in [-0.15, -0.1) is 0 Å². The summed E-state index contributed by atoms with van der Waals surface area (Å²) in [6.07, 6.45) is 0. The summed E-state index contributed by atoms with van der Waals surface area (Å²) in [5.74, 6) is -0.0569. The lowest BCUT2D eigenvalue weighted by Gasteiger charge is -2.10. The highest BCUT2D eigenvalue weighted by molar-refractivity contribution is 7.92. The van der Waals surface area contributed by atoms with Crippen molar-refractivity contribution in [3.05, 3.63) is 59.2 Å². The van der Waals surface area contributed by atoms with Crippen LogP contribution in [0.5, 0.6) is 0 Å². The maximum atomic E-state index is 12.3. The van der Waals surface area contributed by atoms with Gasteiger partial charge >= 0.3 is 0 Å². The van der Waals surface area contributed by atoms with Crippen molar-refractivity contribution in [2.24, 2.45) is 0 Å². The smallest absolute Gasteiger partial charge is 0.261 e. The van der Waals surface area contributed by atoms with Crippen molar-refractivity contribution in [2.45, 2.75) is 25.7 Å². The number of Topliss-reactive ketones (excluding diaryl/α,β-unsaturated/α-hetero) is 1. The number of carbonyl (C=O) groups is 1. The Morgan fingerprint density at radius 2 is 1.57 bits per heavy atom. The van der Waals surface area contributed by atoms with Crippen molar-refractivity contribution < 1.29 is 13.2 Å². The van der Waals surface area contributed by atoms with Gasteiger partial charge in [-0.2, -0.15) is 0 Å². The highest BCUT2D eigenvalue weighted by atomic mass is 32.2. The van der Waals surface area contributed by atoms with E-state index in [-0.39, 0.29) is 10.7 Å². The molecule has 2 aromatic carbocycles. The first-order chi connectivity index (χ1) is 9.79. The average Bonchev–Trinajstić information content (AvgIpc) is 2.42. The predicted octanol–water partition coefficient (Wildman–Crippen LogP) is 3.31. The Hall–Kier alpha value is -2.14. The molecule has 0 aliphatic heterocycles. The van der Waals surface area contributed by atoms with Crippen molar-refractivity contribution in [2.75, 3.05) is 4.72 Å². The highest BCUT2D eigenvalue weighted by Gasteiger charge is 2.14. The van der Waals surface area contributed by atoms with Crippen molar-refractivity contribution in [3.8, 4) is 0 Å². The van der Waals surface area contributed by atoms with Gasteiger partial charge < -0.3 is 0 Å². The van der Waals surface area contributed by atoms with E-state index < -0.39 is 10.0 Å². The Balaban J connectivity index is 2.28. The van der Waals surface area contributed by atoms with Crippen LogP contribution in [0.15, 0.2) is 47.4 Å². The second-order valence-electron chi connectivity index (χ2n) is 4.99. The quantitative estimate of drug-likeness (QED) is 0.881. The molecule has 0 radical (unpaired) electrons. The summed E-state index contributed by atoms with van der Waals surface area (Å²) in [7, 11) is -3.62. The zero-order valence-electron chi connectivity index (χ0n) is 12.2. The van der Waals surface area contributed by atoms with Crippen LogP contribution in [0, 0.1) is 13.8 Å². The number of nitrogens with one attached hydrogen (secondary N) is 1. The molecule has 0 amide bonds. The van der Waals surface area contributed by atoms with Gasteiger partial charge in [-0.05, 0) is 68.3 Å². The van der Waals surface area contributed by atoms with Gasteiger partial charge in [0, 0.05) is 11.3 Å². The minimum atomic E-state index is -3.62. The largest absolute Gasteiger partial charge is 0.295 e. The molecule has 0 saturated heterocycles. The molecule has 0 unspecified atom stereocenters. The number of sulfonamides is 1. The van der Waals surface area contributed by atoms with E-state index in [9.17, 15) is 13.2 Å². The Bertz CT molecular complexity index is 778. The maximum absolute atomic E-state index is 12.3. The van der Waals surface area contributed by atoms with Crippen LogP contribution >= 0.6 is 0 Å². The zero-order valence-corrected chi connectivity index (χ0v) is 13.0. The molecular weight excluding hydrogens is 286 g/mol. The first-order valence-electron chi connectivity index (χ1n) is 6.51. The van der Waals surface area contributed by atoms with E-state index in [2.05, 4.69) is 4.72 Å². The summed E-state index contributed by atoms with van der Waals surface area (Å²) >= 11 is 0. The maximum Gasteiger partial charge on any atom is 0.261 e. The van der Waals surface area contributed by atoms with Crippen molar-refractivity contribution in [1.82, 2.24) is 0 Å². The van der Waals surface area contributed by atoms with Crippen LogP contribution in [0.2, 0.25) is 0 Å². The van der Waals surface area contributed by atoms with Crippen LogP contribution < -0.4 is 4.72 Å². The highest BCUT2D eigenvalue weighted by Crippen LogP contribution is 2.19. The number of hydrogen-bond donors (Lipinski definition) is 1. The Morgan fingerprint density at radius 1 is 0.952 bits per heavy atom. The molecule has 2 aromatic rings. The molecule has 0 bridgehead atoms. The van der Waals surface area contributed by atoms with E-state index in [1.807, 2.05) is 13.8 Å². The van der Waals surface area contributed by atoms with E-state index in [4.69, 9.17) is 0 Å². The summed E-state index contributed by atoms with van der Waals surface area (Å²) in [6.45, 7) is 5.27. The summed E-state index contributed by atoms with van der Waals surface area (Å²) < 4.78 is 27.1. The Labute approximate surface area is 124 Å². The molecule has 0 atom stereocenters. The molecule has 0 aliphatic carbocycles. The predicted molar refractivity (Wildman–Crippen MR) is 83.2 cm³/mol. The third-order valence-electron chi connectivity index (χ3n) is 3.33. The van der Waals surface area contributed by atoms with Gasteiger partial charge in [0.05, 0.1) is 4.90 Å². The van der Waals surface area contributed by atoms with Crippen molar-refractivity contribution in [3.63, 3.8) is 0 Å². The zero-order chi connectivity index (χ0) is 15.6. The molecule has 1 N–H and O–H groups in total. The molecule has 5 heteroatoms. The summed E-state index contributed by atoms with van der Waals surface area (Å²) in [5.41, 5.74) is 2.94. The summed E-state index contributed by atoms with van der Waals surface area (Å²) in [5, 5.41) is 0. The van der Waals surface area contributed by atoms with E-state index in [1.54, 1.807) is 42.5 Å². The molecule has 0 fully saturated rings. The fraction of sp³-hybridized carbons (Fsp3) is 0.188. The summed E-state index contributed by atoms with van der Waals surface area (Å²) in [6, 6.07) is 11.4. The van der Waals surface area contributed by atoms with Gasteiger partial charge in [-0.25, -0.2) is 8.42 Å². The molecule has 0 aromatic heterocycles. The van der Waals surface area contributed by atoms with Gasteiger partial charge in [-0.1, -0.05) is 6.07 Å². The normalized spacial score (nSPS) is 11.2. The van der Waals surface area contributed by atoms with Crippen LogP contribution in [-0.2, 0) is 10.0 Å². The summed E-state index contributed by atoms with van der Waals surface area (Å²) in [4.78, 5) is 11.4. The molecule has 110 valence electrons. The van der Waals surface area contributed by atoms with Gasteiger partial charge in [0.1, 0.15) is 0 Å². The Kier molecular flexibility index (Phi) is 4.14. The molecule has 0 aliphatic rings. The average molecular weight is 303 g/mol. The van der Waals surface area contributed by atoms with Gasteiger partial charge in [0.15, 0.2) is 5.78 Å². The lowest BCUT2D eigenvalue weighted by Crippen LogP contribution is -2.13. The first kappa shape index (κ1) is 15.3. The second kappa shape index (κ2) is 5.69. The SMILES string of the molecule is CC(=O)c1ccc(NS(=O)(=O)c2ccc(C)c(C)c2)cc1. The number of anilines is 1. The van der Waals surface area contributed by atoms with Crippen LogP contribution in [0.1, 0.15) is 28.4 Å². The fourth-order valence-electron chi connectivity index (χ4n) is 1.87. The van der Waals surface area contributed by atoms with Crippen LogP contribution in [-0.4, -0.2) is 14.2 Å². The van der Waals surface area contributed by atoms with E-state index >= 15 is 0 Å². The lowest BCUT2D eigenvalue weighted by atomic mass is 10.1. The number of carbonyl (C=O) groups excluding carboxylic acids is 1. The Morgan fingerprint density at radius 3 is 2.10 bits per heavy atom. The minimum absolute atomic E-state index is 0.0569. The van der Waals surface area contributed by atoms with Crippen molar-refractivity contribution >= 4 is 21.5 Å². The topological polar surface area (TPSA) is 63.2 Å². The molecule has 21 heavy (non-hydrogen) atoms. The van der Waals surface area contributed by atoms with Crippen molar-refractivity contribution in [1.29, 1.82) is 0 Å². The molecule has 4 nitrogen and oxygen atoms in total. The van der Waals surface area contributed by atoms with Gasteiger partial charge in [0.2, 0.25) is 0 Å².